The Labute approximate surface area is 498 Å². The Kier molecular flexibility index (Phi) is 12.5. The number of para-hydroxylation sites is 1. The van der Waals surface area contributed by atoms with Gasteiger partial charge in [0.1, 0.15) is 0 Å². The zero-order valence-corrected chi connectivity index (χ0v) is 46.8. The molecule has 0 saturated carbocycles. The van der Waals surface area contributed by atoms with Crippen molar-refractivity contribution >= 4 is 43.6 Å². The molecule has 0 fully saturated rings. The Morgan fingerprint density at radius 3 is 0.919 bits per heavy atom. The lowest BCUT2D eigenvalue weighted by molar-refractivity contribution is 0.953. The van der Waals surface area contributed by atoms with Crippen molar-refractivity contribution in [3.63, 3.8) is 0 Å². The van der Waals surface area contributed by atoms with Crippen molar-refractivity contribution < 1.29 is 0 Å². The SMILES string of the molecule is c1ccc(-c2cc(-c3ccccc3)cc(-c3ccc4c(c3)c3cc(-c5cc(-c6ccccc6)cc(-c6ccccc6)c5)ccc3n4-c3ccc(-c4ccc5c6ccccc6n(-c6nc(-c7ccccc7)nc(-c7ccccc7)n6)c5c4)cc3)c2)cc1. The van der Waals surface area contributed by atoms with Crippen molar-refractivity contribution in [2.75, 3.05) is 0 Å². The van der Waals surface area contributed by atoms with Crippen LogP contribution in [0.2, 0.25) is 0 Å². The summed E-state index contributed by atoms with van der Waals surface area (Å²) in [5, 5.41) is 4.62. The average molecular weight is 1100 g/mol. The van der Waals surface area contributed by atoms with E-state index in [4.69, 9.17) is 15.0 Å². The van der Waals surface area contributed by atoms with Gasteiger partial charge in [-0.15, -0.1) is 0 Å². The third kappa shape index (κ3) is 9.21. The number of fused-ring (bicyclic) bond motifs is 6. The van der Waals surface area contributed by atoms with Crippen molar-refractivity contribution in [3.05, 3.63) is 322 Å². The molecule has 0 amide bonds. The molecular weight excluding hydrogens is 1040 g/mol. The first-order valence-electron chi connectivity index (χ1n) is 29.2. The monoisotopic (exact) mass is 1100 g/mol. The Morgan fingerprint density at radius 2 is 0.488 bits per heavy atom. The fourth-order valence-electron chi connectivity index (χ4n) is 12.5. The molecule has 16 rings (SSSR count). The molecule has 3 aromatic heterocycles. The second-order valence-corrected chi connectivity index (χ2v) is 22.0. The summed E-state index contributed by atoms with van der Waals surface area (Å²) in [4.78, 5) is 15.5. The molecule has 0 aliphatic rings. The minimum Gasteiger partial charge on any atom is -0.309 e. The van der Waals surface area contributed by atoms with Crippen LogP contribution in [0.5, 0.6) is 0 Å². The second kappa shape index (κ2) is 21.3. The van der Waals surface area contributed by atoms with Crippen molar-refractivity contribution in [1.82, 2.24) is 24.1 Å². The highest BCUT2D eigenvalue weighted by atomic mass is 15.2. The van der Waals surface area contributed by atoms with E-state index in [0.717, 1.165) is 83.0 Å². The van der Waals surface area contributed by atoms with Crippen LogP contribution in [-0.4, -0.2) is 24.1 Å². The lowest BCUT2D eigenvalue weighted by Gasteiger charge is -2.13. The van der Waals surface area contributed by atoms with Crippen molar-refractivity contribution in [2.24, 2.45) is 0 Å². The standard InChI is InChI=1S/C81H53N5/c1-7-21-54(22-8-1)64-45-65(55-23-9-2-10-24-55)48-68(47-64)61-38-43-76-73(51-61)74-52-62(69-49-66(56-25-11-3-12-26-56)46-67(50-69)57-27-13-4-14-28-57)39-44-77(74)85(76)70-40-35-58(36-41-70)63-37-42-72-71-33-19-20-34-75(71)86(78(72)53-63)81-83-79(59-29-15-5-16-30-59)82-80(84-81)60-31-17-6-18-32-60/h1-53H. The predicted octanol–water partition coefficient (Wildman–Crippen LogP) is 21.1. The number of rotatable bonds is 11. The molecule has 0 unspecified atom stereocenters. The van der Waals surface area contributed by atoms with E-state index >= 15 is 0 Å². The summed E-state index contributed by atoms with van der Waals surface area (Å²) in [5.41, 5.74) is 23.5. The van der Waals surface area contributed by atoms with Gasteiger partial charge in [-0.05, 0) is 163 Å². The van der Waals surface area contributed by atoms with Gasteiger partial charge in [-0.3, -0.25) is 4.57 Å². The Hall–Kier alpha value is -11.5. The van der Waals surface area contributed by atoms with E-state index in [0.29, 0.717) is 17.6 Å². The molecular formula is C81H53N5. The van der Waals surface area contributed by atoms with Gasteiger partial charge in [0.05, 0.1) is 22.1 Å². The lowest BCUT2D eigenvalue weighted by Crippen LogP contribution is -2.06. The minimum absolute atomic E-state index is 0.565. The molecule has 0 bridgehead atoms. The highest BCUT2D eigenvalue weighted by Gasteiger charge is 2.21. The van der Waals surface area contributed by atoms with Gasteiger partial charge in [0, 0.05) is 38.4 Å². The number of benzene rings is 13. The quantitative estimate of drug-likeness (QED) is 0.130. The van der Waals surface area contributed by atoms with E-state index in [1.807, 2.05) is 36.4 Å². The van der Waals surface area contributed by atoms with E-state index in [-0.39, 0.29) is 0 Å². The van der Waals surface area contributed by atoms with Crippen LogP contribution in [0.4, 0.5) is 0 Å². The van der Waals surface area contributed by atoms with E-state index < -0.39 is 0 Å². The molecule has 16 aromatic rings. The van der Waals surface area contributed by atoms with Crippen LogP contribution >= 0.6 is 0 Å². The van der Waals surface area contributed by atoms with Crippen LogP contribution in [0.15, 0.2) is 322 Å². The van der Waals surface area contributed by atoms with Crippen molar-refractivity contribution in [1.29, 1.82) is 0 Å². The van der Waals surface area contributed by atoms with Gasteiger partial charge < -0.3 is 4.57 Å². The molecule has 13 aromatic carbocycles. The first-order chi connectivity index (χ1) is 42.6. The third-order valence-corrected chi connectivity index (χ3v) is 16.7. The van der Waals surface area contributed by atoms with Gasteiger partial charge in [0.25, 0.3) is 0 Å². The molecule has 5 heteroatoms. The highest BCUT2D eigenvalue weighted by Crippen LogP contribution is 2.42. The zero-order chi connectivity index (χ0) is 56.9. The molecule has 402 valence electrons. The topological polar surface area (TPSA) is 48.5 Å². The van der Waals surface area contributed by atoms with Crippen LogP contribution in [0.1, 0.15) is 0 Å². The smallest absolute Gasteiger partial charge is 0.238 e. The largest absolute Gasteiger partial charge is 0.309 e. The minimum atomic E-state index is 0.565. The van der Waals surface area contributed by atoms with Gasteiger partial charge >= 0.3 is 0 Å². The molecule has 0 spiro atoms. The fraction of sp³-hybridized carbons (Fsp3) is 0. The van der Waals surface area contributed by atoms with E-state index in [1.54, 1.807) is 0 Å². The first kappa shape index (κ1) is 50.2. The number of hydrogen-bond acceptors (Lipinski definition) is 3. The molecule has 0 N–H and O–H groups in total. The maximum absolute atomic E-state index is 5.21. The van der Waals surface area contributed by atoms with Crippen LogP contribution < -0.4 is 0 Å². The van der Waals surface area contributed by atoms with Crippen LogP contribution in [0, 0.1) is 0 Å². The van der Waals surface area contributed by atoms with Gasteiger partial charge in [-0.1, -0.05) is 237 Å². The Balaban J connectivity index is 0.853. The predicted molar refractivity (Wildman–Crippen MR) is 357 cm³/mol. The summed E-state index contributed by atoms with van der Waals surface area (Å²) in [6.07, 6.45) is 0. The molecule has 0 aliphatic carbocycles. The molecule has 3 heterocycles. The maximum Gasteiger partial charge on any atom is 0.238 e. The third-order valence-electron chi connectivity index (χ3n) is 16.7. The van der Waals surface area contributed by atoms with Gasteiger partial charge in [-0.25, -0.2) is 4.98 Å². The van der Waals surface area contributed by atoms with Crippen molar-refractivity contribution in [3.8, 4) is 112 Å². The normalized spacial score (nSPS) is 11.5. The highest BCUT2D eigenvalue weighted by molar-refractivity contribution is 6.13. The summed E-state index contributed by atoms with van der Waals surface area (Å²) in [7, 11) is 0. The number of nitrogens with zero attached hydrogens (tertiary/aromatic N) is 5. The second-order valence-electron chi connectivity index (χ2n) is 22.0. The Morgan fingerprint density at radius 1 is 0.174 bits per heavy atom. The van der Waals surface area contributed by atoms with E-state index in [9.17, 15) is 0 Å². The fourth-order valence-corrected chi connectivity index (χ4v) is 12.5. The number of aromatic nitrogens is 5. The Bertz CT molecular complexity index is 4820. The molecule has 0 aliphatic heterocycles. The average Bonchev–Trinajstić information content (AvgIpc) is 2.14. The maximum atomic E-state index is 5.21. The van der Waals surface area contributed by atoms with Gasteiger partial charge in [0.15, 0.2) is 11.6 Å². The molecule has 5 nitrogen and oxygen atoms in total. The molecule has 86 heavy (non-hydrogen) atoms. The van der Waals surface area contributed by atoms with Crippen molar-refractivity contribution in [2.45, 2.75) is 0 Å². The summed E-state index contributed by atoms with van der Waals surface area (Å²) >= 11 is 0. The van der Waals surface area contributed by atoms with Gasteiger partial charge in [-0.2, -0.15) is 9.97 Å². The van der Waals surface area contributed by atoms with Crippen LogP contribution in [0.25, 0.3) is 156 Å². The van der Waals surface area contributed by atoms with E-state index in [2.05, 4.69) is 294 Å². The molecule has 0 saturated heterocycles. The zero-order valence-electron chi connectivity index (χ0n) is 46.8. The summed E-state index contributed by atoms with van der Waals surface area (Å²) in [6, 6.07) is 116. The number of hydrogen-bond donors (Lipinski definition) is 0. The van der Waals surface area contributed by atoms with Gasteiger partial charge in [0.2, 0.25) is 5.95 Å². The first-order valence-corrected chi connectivity index (χ1v) is 29.2. The summed E-state index contributed by atoms with van der Waals surface area (Å²) in [6.45, 7) is 0. The lowest BCUT2D eigenvalue weighted by atomic mass is 9.92. The van der Waals surface area contributed by atoms with E-state index in [1.165, 1.54) is 55.3 Å². The molecule has 0 radical (unpaired) electrons. The summed E-state index contributed by atoms with van der Waals surface area (Å²) in [5.74, 6) is 1.80. The summed E-state index contributed by atoms with van der Waals surface area (Å²) < 4.78 is 4.63. The van der Waals surface area contributed by atoms with Crippen LogP contribution in [-0.2, 0) is 0 Å². The molecule has 0 atom stereocenters. The van der Waals surface area contributed by atoms with Crippen LogP contribution in [0.3, 0.4) is 0 Å².